The van der Waals surface area contributed by atoms with E-state index in [0.717, 1.165) is 6.54 Å². The fraction of sp³-hybridized carbons (Fsp3) is 1.00. The zero-order valence-corrected chi connectivity index (χ0v) is 32.1. The summed E-state index contributed by atoms with van der Waals surface area (Å²) in [5.41, 5.74) is 5.55. The number of nitrogens with two attached hydrogens (primary N) is 1. The van der Waals surface area contributed by atoms with Crippen LogP contribution in [0.25, 0.3) is 0 Å². The van der Waals surface area contributed by atoms with Crippen LogP contribution in [0.2, 0.25) is 19.1 Å². The van der Waals surface area contributed by atoms with Gasteiger partial charge >= 0.3 is 0 Å². The van der Waals surface area contributed by atoms with E-state index in [-0.39, 0.29) is 0 Å². The standard InChI is InChI=1S/C40H84ClNSi/c1-43(2,41)40-38-36-34-32-30-28-26-24-22-20-18-16-14-12-10-8-6-4-3-5-7-9-11-13-15-17-19-21-23-25-27-29-31-33-35-37-39-42/h3-40,42H2,1-2H3. The third-order valence-corrected chi connectivity index (χ3v) is 11.8. The lowest BCUT2D eigenvalue weighted by atomic mass is 10.0. The Hall–Kier alpha value is 0.467. The molecule has 0 aliphatic carbocycles. The molecule has 0 spiro atoms. The molecule has 3 heteroatoms. The molecule has 0 unspecified atom stereocenters. The Kier molecular flexibility index (Phi) is 37.3. The van der Waals surface area contributed by atoms with Gasteiger partial charge in [0.05, 0.1) is 0 Å². The Morgan fingerprint density at radius 1 is 0.279 bits per heavy atom. The van der Waals surface area contributed by atoms with E-state index in [1.54, 1.807) is 0 Å². The minimum Gasteiger partial charge on any atom is -0.330 e. The molecule has 0 aromatic heterocycles. The van der Waals surface area contributed by atoms with Gasteiger partial charge in [0.1, 0.15) is 7.38 Å². The molecular formula is C40H84ClNSi. The molecule has 0 fully saturated rings. The van der Waals surface area contributed by atoms with E-state index in [9.17, 15) is 0 Å². The van der Waals surface area contributed by atoms with Crippen molar-refractivity contribution in [3.8, 4) is 0 Å². The summed E-state index contributed by atoms with van der Waals surface area (Å²) in [6.45, 7) is 5.42. The van der Waals surface area contributed by atoms with Crippen LogP contribution in [0.1, 0.15) is 231 Å². The molecule has 0 atom stereocenters. The average molecular weight is 643 g/mol. The Balaban J connectivity index is 3.05. The summed E-state index contributed by atoms with van der Waals surface area (Å²) in [5, 5.41) is 0. The molecule has 2 N–H and O–H groups in total. The first-order chi connectivity index (χ1) is 21.1. The Bertz CT molecular complexity index is 491. The van der Waals surface area contributed by atoms with Gasteiger partial charge in [-0.15, -0.1) is 0 Å². The Morgan fingerprint density at radius 2 is 0.419 bits per heavy atom. The second-order valence-electron chi connectivity index (χ2n) is 15.0. The minimum atomic E-state index is -1.31. The van der Waals surface area contributed by atoms with E-state index >= 15 is 0 Å². The summed E-state index contributed by atoms with van der Waals surface area (Å²) in [4.78, 5) is 0. The molecule has 0 bridgehead atoms. The predicted molar refractivity (Wildman–Crippen MR) is 203 cm³/mol. The fourth-order valence-electron chi connectivity index (χ4n) is 6.70. The number of hydrogen-bond donors (Lipinski definition) is 1. The maximum atomic E-state index is 6.40. The molecule has 0 saturated heterocycles. The van der Waals surface area contributed by atoms with Crippen molar-refractivity contribution in [1.82, 2.24) is 0 Å². The maximum absolute atomic E-state index is 6.40. The van der Waals surface area contributed by atoms with Crippen LogP contribution in [0.5, 0.6) is 0 Å². The highest BCUT2D eigenvalue weighted by molar-refractivity contribution is 7.19. The molecule has 0 aliphatic heterocycles. The topological polar surface area (TPSA) is 26.0 Å². The molecule has 0 radical (unpaired) electrons. The van der Waals surface area contributed by atoms with E-state index in [4.69, 9.17) is 16.8 Å². The SMILES string of the molecule is C[Si](C)(Cl)CCCCCCCCCCCCCCCCCCCCCCCCCCCCCCCCCCCCCCN. The summed E-state index contributed by atoms with van der Waals surface area (Å²) in [7, 11) is -1.31. The van der Waals surface area contributed by atoms with Crippen LogP contribution in [-0.2, 0) is 0 Å². The van der Waals surface area contributed by atoms with E-state index in [2.05, 4.69) is 13.1 Å². The molecule has 0 saturated carbocycles. The van der Waals surface area contributed by atoms with E-state index < -0.39 is 7.38 Å². The number of hydrogen-bond acceptors (Lipinski definition) is 1. The molecule has 260 valence electrons. The summed E-state index contributed by atoms with van der Waals surface area (Å²) in [5.74, 6) is 0. The number of halogens is 1. The van der Waals surface area contributed by atoms with Gasteiger partial charge in [0.15, 0.2) is 0 Å². The van der Waals surface area contributed by atoms with Crippen molar-refractivity contribution in [3.63, 3.8) is 0 Å². The highest BCUT2D eigenvalue weighted by atomic mass is 35.6. The summed E-state index contributed by atoms with van der Waals surface area (Å²) < 4.78 is 0. The van der Waals surface area contributed by atoms with Gasteiger partial charge in [0, 0.05) is 0 Å². The van der Waals surface area contributed by atoms with Gasteiger partial charge in [-0.3, -0.25) is 0 Å². The van der Waals surface area contributed by atoms with Crippen LogP contribution < -0.4 is 5.73 Å². The third kappa shape index (κ3) is 42.5. The van der Waals surface area contributed by atoms with Gasteiger partial charge in [-0.25, -0.2) is 0 Å². The molecule has 0 aliphatic rings. The third-order valence-electron chi connectivity index (χ3n) is 9.73. The molecule has 0 aromatic carbocycles. The minimum absolute atomic E-state index is 0.873. The van der Waals surface area contributed by atoms with Crippen LogP contribution >= 0.6 is 11.1 Å². The van der Waals surface area contributed by atoms with E-state index in [0.29, 0.717) is 0 Å². The van der Waals surface area contributed by atoms with Crippen molar-refractivity contribution >= 4 is 18.5 Å². The fourth-order valence-corrected chi connectivity index (χ4v) is 8.19. The van der Waals surface area contributed by atoms with Crippen molar-refractivity contribution in [2.45, 2.75) is 250 Å². The van der Waals surface area contributed by atoms with Crippen LogP contribution in [0.15, 0.2) is 0 Å². The van der Waals surface area contributed by atoms with Crippen molar-refractivity contribution in [1.29, 1.82) is 0 Å². The average Bonchev–Trinajstić information content (AvgIpc) is 2.98. The number of rotatable bonds is 38. The monoisotopic (exact) mass is 642 g/mol. The molecule has 0 heterocycles. The lowest BCUT2D eigenvalue weighted by molar-refractivity contribution is 0.510. The summed E-state index contributed by atoms with van der Waals surface area (Å²) >= 11 is 6.40. The maximum Gasteiger partial charge on any atom is 0.150 e. The quantitative estimate of drug-likeness (QED) is 0.0405. The van der Waals surface area contributed by atoms with Gasteiger partial charge in [0.25, 0.3) is 0 Å². The summed E-state index contributed by atoms with van der Waals surface area (Å²) in [6.07, 6.45) is 52.4. The zero-order valence-electron chi connectivity index (χ0n) is 30.3. The van der Waals surface area contributed by atoms with Crippen molar-refractivity contribution in [3.05, 3.63) is 0 Å². The first-order valence-corrected chi connectivity index (χ1v) is 24.7. The van der Waals surface area contributed by atoms with E-state index in [1.807, 2.05) is 0 Å². The van der Waals surface area contributed by atoms with Gasteiger partial charge in [-0.2, -0.15) is 11.1 Å². The first kappa shape index (κ1) is 43.5. The van der Waals surface area contributed by atoms with Crippen LogP contribution in [-0.4, -0.2) is 13.9 Å². The molecule has 1 nitrogen and oxygen atoms in total. The highest BCUT2D eigenvalue weighted by Gasteiger charge is 2.15. The van der Waals surface area contributed by atoms with Gasteiger partial charge in [0.2, 0.25) is 0 Å². The van der Waals surface area contributed by atoms with Gasteiger partial charge in [-0.1, -0.05) is 238 Å². The normalized spacial score (nSPS) is 12.0. The molecule has 43 heavy (non-hydrogen) atoms. The van der Waals surface area contributed by atoms with Gasteiger partial charge < -0.3 is 5.73 Å². The molecule has 0 rings (SSSR count). The molecular weight excluding hydrogens is 558 g/mol. The Labute approximate surface area is 280 Å². The Morgan fingerprint density at radius 3 is 0.558 bits per heavy atom. The summed E-state index contributed by atoms with van der Waals surface area (Å²) in [6, 6.07) is 1.30. The van der Waals surface area contributed by atoms with Crippen molar-refractivity contribution in [2.24, 2.45) is 5.73 Å². The van der Waals surface area contributed by atoms with Crippen molar-refractivity contribution in [2.75, 3.05) is 6.54 Å². The lowest BCUT2D eigenvalue weighted by Gasteiger charge is -2.11. The first-order valence-electron chi connectivity index (χ1n) is 20.5. The second kappa shape index (κ2) is 36.9. The molecule has 0 aromatic rings. The van der Waals surface area contributed by atoms with Crippen LogP contribution in [0, 0.1) is 0 Å². The lowest BCUT2D eigenvalue weighted by Crippen LogP contribution is -2.14. The second-order valence-corrected chi connectivity index (χ2v) is 22.0. The zero-order chi connectivity index (χ0) is 31.4. The van der Waals surface area contributed by atoms with Crippen LogP contribution in [0.4, 0.5) is 0 Å². The smallest absolute Gasteiger partial charge is 0.150 e. The predicted octanol–water partition coefficient (Wildman–Crippen LogP) is 15.4. The highest BCUT2D eigenvalue weighted by Crippen LogP contribution is 2.20. The van der Waals surface area contributed by atoms with Crippen LogP contribution in [0.3, 0.4) is 0 Å². The van der Waals surface area contributed by atoms with Gasteiger partial charge in [-0.05, 0) is 19.0 Å². The molecule has 0 amide bonds. The van der Waals surface area contributed by atoms with Crippen molar-refractivity contribution < 1.29 is 0 Å². The van der Waals surface area contributed by atoms with E-state index in [1.165, 1.54) is 237 Å². The number of unbranched alkanes of at least 4 members (excludes halogenated alkanes) is 35. The largest absolute Gasteiger partial charge is 0.330 e.